The fourth-order valence-corrected chi connectivity index (χ4v) is 2.31. The van der Waals surface area contributed by atoms with Gasteiger partial charge in [0, 0.05) is 12.1 Å². The highest BCUT2D eigenvalue weighted by Gasteiger charge is 2.10. The number of likely N-dealkylation sites (tertiary alicyclic amines) is 1. The number of hydrogen-bond donors (Lipinski definition) is 1. The summed E-state index contributed by atoms with van der Waals surface area (Å²) in [6, 6.07) is 6.03. The van der Waals surface area contributed by atoms with Crippen molar-refractivity contribution in [3.05, 3.63) is 29.3 Å². The lowest BCUT2D eigenvalue weighted by Crippen LogP contribution is -2.25. The quantitative estimate of drug-likeness (QED) is 0.837. The fourth-order valence-electron chi connectivity index (χ4n) is 2.31. The Morgan fingerprint density at radius 1 is 1.32 bits per heavy atom. The first-order chi connectivity index (χ1) is 9.29. The Labute approximate surface area is 115 Å². The summed E-state index contributed by atoms with van der Waals surface area (Å²) in [4.78, 5) is 2.45. The zero-order chi connectivity index (χ0) is 13.5. The van der Waals surface area contributed by atoms with Crippen molar-refractivity contribution in [2.45, 2.75) is 19.8 Å². The molecule has 0 bridgehead atoms. The van der Waals surface area contributed by atoms with Gasteiger partial charge in [-0.05, 0) is 56.6 Å². The highest BCUT2D eigenvalue weighted by Crippen LogP contribution is 2.17. The number of benzene rings is 1. The van der Waals surface area contributed by atoms with Gasteiger partial charge < -0.3 is 10.5 Å². The molecule has 1 aliphatic rings. The van der Waals surface area contributed by atoms with Crippen molar-refractivity contribution < 1.29 is 4.74 Å². The molecule has 1 aromatic rings. The first-order valence-electron chi connectivity index (χ1n) is 6.94. The van der Waals surface area contributed by atoms with E-state index < -0.39 is 0 Å². The van der Waals surface area contributed by atoms with E-state index in [0.29, 0.717) is 6.54 Å². The van der Waals surface area contributed by atoms with Crippen LogP contribution < -0.4 is 10.5 Å². The van der Waals surface area contributed by atoms with E-state index in [1.165, 1.54) is 25.9 Å². The van der Waals surface area contributed by atoms with E-state index >= 15 is 0 Å². The maximum atomic E-state index is 5.79. The van der Waals surface area contributed by atoms with Crippen LogP contribution in [0.25, 0.3) is 0 Å². The summed E-state index contributed by atoms with van der Waals surface area (Å²) >= 11 is 0. The molecular formula is C16H22N2O. The smallest absolute Gasteiger partial charge is 0.119 e. The van der Waals surface area contributed by atoms with E-state index in [1.54, 1.807) is 0 Å². The van der Waals surface area contributed by atoms with E-state index in [2.05, 4.69) is 16.7 Å². The highest BCUT2D eigenvalue weighted by atomic mass is 16.5. The average Bonchev–Trinajstić information content (AvgIpc) is 2.91. The summed E-state index contributed by atoms with van der Waals surface area (Å²) in [5.41, 5.74) is 7.54. The molecule has 0 aromatic heterocycles. The van der Waals surface area contributed by atoms with E-state index in [1.807, 2.05) is 25.1 Å². The van der Waals surface area contributed by atoms with Crippen LogP contribution in [0.2, 0.25) is 0 Å². The van der Waals surface area contributed by atoms with Crippen molar-refractivity contribution in [2.75, 3.05) is 32.8 Å². The lowest BCUT2D eigenvalue weighted by atomic mass is 10.1. The second-order valence-electron chi connectivity index (χ2n) is 4.88. The fraction of sp³-hybridized carbons (Fsp3) is 0.500. The molecule has 0 spiro atoms. The van der Waals surface area contributed by atoms with Gasteiger partial charge in [-0.3, -0.25) is 4.90 Å². The van der Waals surface area contributed by atoms with E-state index in [0.717, 1.165) is 30.0 Å². The number of ether oxygens (including phenoxy) is 1. The van der Waals surface area contributed by atoms with Crippen LogP contribution in [0.3, 0.4) is 0 Å². The standard InChI is InChI=1S/C16H22N2O/c1-14-13-16(7-6-15(14)5-4-8-17)19-12-11-18-9-2-3-10-18/h6-7,13H,2-3,8-12,17H2,1H3. The molecule has 2 N–H and O–H groups in total. The van der Waals surface area contributed by atoms with Crippen LogP contribution in [-0.4, -0.2) is 37.7 Å². The van der Waals surface area contributed by atoms with Crippen molar-refractivity contribution in [1.29, 1.82) is 0 Å². The Balaban J connectivity index is 1.85. The van der Waals surface area contributed by atoms with Crippen molar-refractivity contribution >= 4 is 0 Å². The maximum absolute atomic E-state index is 5.79. The van der Waals surface area contributed by atoms with E-state index in [4.69, 9.17) is 10.5 Å². The second-order valence-corrected chi connectivity index (χ2v) is 4.88. The van der Waals surface area contributed by atoms with Crippen LogP contribution in [0.1, 0.15) is 24.0 Å². The second kappa shape index (κ2) is 7.18. The van der Waals surface area contributed by atoms with Gasteiger partial charge in [0.25, 0.3) is 0 Å². The van der Waals surface area contributed by atoms with E-state index in [9.17, 15) is 0 Å². The Hall–Kier alpha value is -1.50. The van der Waals surface area contributed by atoms with Crippen molar-refractivity contribution in [3.63, 3.8) is 0 Å². The van der Waals surface area contributed by atoms with Gasteiger partial charge >= 0.3 is 0 Å². The predicted octanol–water partition coefficient (Wildman–Crippen LogP) is 1.78. The zero-order valence-electron chi connectivity index (χ0n) is 11.6. The summed E-state index contributed by atoms with van der Waals surface area (Å²) in [5.74, 6) is 6.86. The molecule has 3 heteroatoms. The van der Waals surface area contributed by atoms with Gasteiger partial charge in [0.05, 0.1) is 6.54 Å². The molecule has 0 aliphatic carbocycles. The maximum Gasteiger partial charge on any atom is 0.119 e. The SMILES string of the molecule is Cc1cc(OCCN2CCCC2)ccc1C#CCN. The molecule has 1 heterocycles. The molecule has 3 nitrogen and oxygen atoms in total. The van der Waals surface area contributed by atoms with Gasteiger partial charge in [-0.25, -0.2) is 0 Å². The first kappa shape index (κ1) is 13.9. The Kier molecular flexibility index (Phi) is 5.26. The Morgan fingerprint density at radius 3 is 2.79 bits per heavy atom. The monoisotopic (exact) mass is 258 g/mol. The van der Waals surface area contributed by atoms with E-state index in [-0.39, 0.29) is 0 Å². The highest BCUT2D eigenvalue weighted by molar-refractivity contribution is 5.44. The molecule has 19 heavy (non-hydrogen) atoms. The molecule has 0 radical (unpaired) electrons. The zero-order valence-corrected chi connectivity index (χ0v) is 11.6. The Bertz CT molecular complexity index is 467. The number of nitrogens with zero attached hydrogens (tertiary/aromatic N) is 1. The molecule has 1 fully saturated rings. The average molecular weight is 258 g/mol. The van der Waals surface area contributed by atoms with Gasteiger partial charge in [0.1, 0.15) is 12.4 Å². The van der Waals surface area contributed by atoms with Crippen molar-refractivity contribution in [2.24, 2.45) is 5.73 Å². The summed E-state index contributed by atoms with van der Waals surface area (Å²) in [5, 5.41) is 0. The number of aryl methyl sites for hydroxylation is 1. The summed E-state index contributed by atoms with van der Waals surface area (Å²) in [7, 11) is 0. The molecule has 0 unspecified atom stereocenters. The summed E-state index contributed by atoms with van der Waals surface area (Å²) in [6.45, 7) is 6.66. The largest absolute Gasteiger partial charge is 0.492 e. The number of nitrogens with two attached hydrogens (primary N) is 1. The van der Waals surface area contributed by atoms with Gasteiger partial charge in [-0.15, -0.1) is 0 Å². The number of rotatable bonds is 4. The third-order valence-corrected chi connectivity index (χ3v) is 3.40. The molecule has 1 aliphatic heterocycles. The van der Waals surface area contributed by atoms with Gasteiger partial charge in [-0.1, -0.05) is 11.8 Å². The van der Waals surface area contributed by atoms with Crippen molar-refractivity contribution in [3.8, 4) is 17.6 Å². The molecule has 0 amide bonds. The van der Waals surface area contributed by atoms with Crippen molar-refractivity contribution in [1.82, 2.24) is 4.90 Å². The van der Waals surface area contributed by atoms with Gasteiger partial charge in [-0.2, -0.15) is 0 Å². The van der Waals surface area contributed by atoms with Gasteiger partial charge in [0.15, 0.2) is 0 Å². The molecule has 0 atom stereocenters. The third kappa shape index (κ3) is 4.27. The summed E-state index contributed by atoms with van der Waals surface area (Å²) in [6.07, 6.45) is 2.65. The molecule has 102 valence electrons. The minimum Gasteiger partial charge on any atom is -0.492 e. The van der Waals surface area contributed by atoms with Crippen LogP contribution in [0.15, 0.2) is 18.2 Å². The lowest BCUT2D eigenvalue weighted by Gasteiger charge is -2.15. The number of hydrogen-bond acceptors (Lipinski definition) is 3. The Morgan fingerprint density at radius 2 is 2.11 bits per heavy atom. The molecule has 1 aromatic carbocycles. The molecule has 1 saturated heterocycles. The minimum atomic E-state index is 0.396. The third-order valence-electron chi connectivity index (χ3n) is 3.40. The first-order valence-corrected chi connectivity index (χ1v) is 6.94. The van der Waals surface area contributed by atoms with Crippen LogP contribution in [-0.2, 0) is 0 Å². The molecule has 2 rings (SSSR count). The van der Waals surface area contributed by atoms with Crippen LogP contribution >= 0.6 is 0 Å². The lowest BCUT2D eigenvalue weighted by molar-refractivity contribution is 0.237. The minimum absolute atomic E-state index is 0.396. The molecule has 0 saturated carbocycles. The normalized spacial score (nSPS) is 15.1. The topological polar surface area (TPSA) is 38.5 Å². The molecular weight excluding hydrogens is 236 g/mol. The van der Waals surface area contributed by atoms with Crippen LogP contribution in [0, 0.1) is 18.8 Å². The van der Waals surface area contributed by atoms with Gasteiger partial charge in [0.2, 0.25) is 0 Å². The van der Waals surface area contributed by atoms with Crippen LogP contribution in [0.4, 0.5) is 0 Å². The van der Waals surface area contributed by atoms with Crippen LogP contribution in [0.5, 0.6) is 5.75 Å². The summed E-state index contributed by atoms with van der Waals surface area (Å²) < 4.78 is 5.79. The predicted molar refractivity (Wildman–Crippen MR) is 78.3 cm³/mol.